The predicted octanol–water partition coefficient (Wildman–Crippen LogP) is 5.65. The van der Waals surface area contributed by atoms with Gasteiger partial charge in [-0.2, -0.15) is 0 Å². The van der Waals surface area contributed by atoms with Gasteiger partial charge in [0.05, 0.1) is 0 Å². The normalized spacial score (nSPS) is 11.3. The summed E-state index contributed by atoms with van der Waals surface area (Å²) in [4.78, 5) is 4.97. The number of hydrogen-bond acceptors (Lipinski definition) is 4. The van der Waals surface area contributed by atoms with E-state index in [1.807, 2.05) is 21.1 Å². The van der Waals surface area contributed by atoms with E-state index in [1.54, 1.807) is 0 Å². The summed E-state index contributed by atoms with van der Waals surface area (Å²) in [6, 6.07) is 8.81. The number of nitrogens with one attached hydrogen (secondary N) is 3. The highest BCUT2D eigenvalue weighted by Crippen LogP contribution is 2.41. The van der Waals surface area contributed by atoms with Crippen LogP contribution in [0.2, 0.25) is 0 Å². The van der Waals surface area contributed by atoms with E-state index >= 15 is 0 Å². The maximum Gasteiger partial charge on any atom is 0.145 e. The highest BCUT2D eigenvalue weighted by Gasteiger charge is 2.21. The molecule has 0 atom stereocenters. The van der Waals surface area contributed by atoms with Crippen molar-refractivity contribution in [1.29, 1.82) is 0 Å². The first-order valence-electron chi connectivity index (χ1n) is 10.2. The second kappa shape index (κ2) is 8.13. The van der Waals surface area contributed by atoms with Crippen LogP contribution in [0.5, 0.6) is 0 Å². The molecule has 0 radical (unpaired) electrons. The highest BCUT2D eigenvalue weighted by atomic mass is 15.0. The summed E-state index contributed by atoms with van der Waals surface area (Å²) in [5.74, 6) is 0.530. The summed E-state index contributed by atoms with van der Waals surface area (Å²) in [5, 5.41) is 9.99. The molecule has 1 aromatic carbocycles. The third kappa shape index (κ3) is 3.30. The van der Waals surface area contributed by atoms with Crippen LogP contribution in [0.15, 0.2) is 24.3 Å². The molecule has 0 aliphatic heterocycles. The van der Waals surface area contributed by atoms with E-state index in [-0.39, 0.29) is 0 Å². The third-order valence-corrected chi connectivity index (χ3v) is 5.69. The van der Waals surface area contributed by atoms with Crippen molar-refractivity contribution in [2.24, 2.45) is 0 Å². The first kappa shape index (κ1) is 20.1. The van der Waals surface area contributed by atoms with Crippen molar-refractivity contribution in [1.82, 2.24) is 9.38 Å². The van der Waals surface area contributed by atoms with Crippen molar-refractivity contribution in [3.8, 4) is 11.1 Å². The number of hydrogen-bond donors (Lipinski definition) is 3. The number of aromatic nitrogens is 2. The number of nitrogens with zero attached hydrogens (tertiary/aromatic N) is 2. The van der Waals surface area contributed by atoms with Crippen LogP contribution in [-0.4, -0.2) is 30.5 Å². The molecule has 0 aliphatic carbocycles. The van der Waals surface area contributed by atoms with Gasteiger partial charge in [0.15, 0.2) is 0 Å². The predicted molar refractivity (Wildman–Crippen MR) is 122 cm³/mol. The standard InChI is InChI=1S/C23H33N5/c1-8-16(9-2)21-10-14(3)27-23-18(11-15(4)28(21)23)22-19(25-6)12-17(24-5)13-20(22)26-7/h10-13,16,24-26H,8-9H2,1-7H3. The molecule has 0 aliphatic rings. The topological polar surface area (TPSA) is 53.4 Å². The monoisotopic (exact) mass is 379 g/mol. The first-order valence-corrected chi connectivity index (χ1v) is 10.2. The van der Waals surface area contributed by atoms with E-state index in [0.29, 0.717) is 5.92 Å². The maximum atomic E-state index is 4.97. The van der Waals surface area contributed by atoms with Crippen LogP contribution < -0.4 is 16.0 Å². The Morgan fingerprint density at radius 2 is 1.50 bits per heavy atom. The van der Waals surface area contributed by atoms with Crippen molar-refractivity contribution < 1.29 is 0 Å². The van der Waals surface area contributed by atoms with Gasteiger partial charge in [0, 0.05) is 66.4 Å². The summed E-state index contributed by atoms with van der Waals surface area (Å²) in [6.07, 6.45) is 2.25. The average molecular weight is 380 g/mol. The Morgan fingerprint density at radius 1 is 0.893 bits per heavy atom. The van der Waals surface area contributed by atoms with E-state index in [9.17, 15) is 0 Å². The van der Waals surface area contributed by atoms with Gasteiger partial charge in [-0.25, -0.2) is 4.98 Å². The maximum absolute atomic E-state index is 4.97. The Kier molecular flexibility index (Phi) is 5.82. The largest absolute Gasteiger partial charge is 0.388 e. The Bertz CT molecular complexity index is 957. The fourth-order valence-electron chi connectivity index (χ4n) is 4.20. The van der Waals surface area contributed by atoms with Crippen LogP contribution in [0.3, 0.4) is 0 Å². The minimum absolute atomic E-state index is 0.530. The second-order valence-corrected chi connectivity index (χ2v) is 7.39. The number of benzene rings is 1. The van der Waals surface area contributed by atoms with E-state index in [0.717, 1.165) is 52.4 Å². The fraction of sp³-hybridized carbons (Fsp3) is 0.435. The number of rotatable bonds is 7. The molecular formula is C23H33N5. The molecule has 3 rings (SSSR count). The first-order chi connectivity index (χ1) is 13.5. The molecule has 0 saturated heterocycles. The molecule has 0 amide bonds. The molecule has 5 nitrogen and oxygen atoms in total. The summed E-state index contributed by atoms with van der Waals surface area (Å²) >= 11 is 0. The van der Waals surface area contributed by atoms with Gasteiger partial charge < -0.3 is 20.4 Å². The van der Waals surface area contributed by atoms with Gasteiger partial charge in [-0.1, -0.05) is 13.8 Å². The van der Waals surface area contributed by atoms with Crippen molar-refractivity contribution in [3.05, 3.63) is 41.3 Å². The molecule has 0 bridgehead atoms. The van der Waals surface area contributed by atoms with Crippen molar-refractivity contribution >= 4 is 22.7 Å². The number of aryl methyl sites for hydroxylation is 2. The lowest BCUT2D eigenvalue weighted by Crippen LogP contribution is -2.07. The van der Waals surface area contributed by atoms with E-state index in [1.165, 1.54) is 11.4 Å². The Morgan fingerprint density at radius 3 is 2.00 bits per heavy atom. The van der Waals surface area contributed by atoms with Crippen LogP contribution in [0, 0.1) is 13.8 Å². The average Bonchev–Trinajstić information content (AvgIpc) is 3.03. The fourth-order valence-corrected chi connectivity index (χ4v) is 4.20. The van der Waals surface area contributed by atoms with Crippen molar-refractivity contribution in [2.45, 2.75) is 46.5 Å². The van der Waals surface area contributed by atoms with Crippen molar-refractivity contribution in [3.63, 3.8) is 0 Å². The summed E-state index contributed by atoms with van der Waals surface area (Å²) in [7, 11) is 5.88. The van der Waals surface area contributed by atoms with Crippen LogP contribution in [0.1, 0.15) is 49.7 Å². The molecular weight excluding hydrogens is 346 g/mol. The SMILES string of the molecule is CCC(CC)c1cc(C)nc2c(-c3c(NC)cc(NC)cc3NC)cc(C)n12. The summed E-state index contributed by atoms with van der Waals surface area (Å²) in [6.45, 7) is 8.81. The highest BCUT2D eigenvalue weighted by molar-refractivity contribution is 5.97. The molecule has 3 aromatic rings. The third-order valence-electron chi connectivity index (χ3n) is 5.69. The lowest BCUT2D eigenvalue weighted by atomic mass is 9.98. The molecule has 0 unspecified atom stereocenters. The second-order valence-electron chi connectivity index (χ2n) is 7.39. The van der Waals surface area contributed by atoms with Gasteiger partial charge in [-0.3, -0.25) is 0 Å². The Hall–Kier alpha value is -2.69. The Balaban J connectivity index is 2.38. The summed E-state index contributed by atoms with van der Waals surface area (Å²) < 4.78 is 2.35. The number of anilines is 3. The molecule has 5 heteroatoms. The molecule has 0 spiro atoms. The van der Waals surface area contributed by atoms with Crippen molar-refractivity contribution in [2.75, 3.05) is 37.1 Å². The van der Waals surface area contributed by atoms with Crippen LogP contribution in [0.4, 0.5) is 17.1 Å². The molecule has 28 heavy (non-hydrogen) atoms. The zero-order valence-corrected chi connectivity index (χ0v) is 18.2. The van der Waals surface area contributed by atoms with Gasteiger partial charge >= 0.3 is 0 Å². The van der Waals surface area contributed by atoms with Crippen LogP contribution in [0.25, 0.3) is 16.8 Å². The minimum Gasteiger partial charge on any atom is -0.388 e. The zero-order chi connectivity index (χ0) is 20.4. The molecule has 0 fully saturated rings. The zero-order valence-electron chi connectivity index (χ0n) is 18.2. The minimum atomic E-state index is 0.530. The van der Waals surface area contributed by atoms with Crippen LogP contribution in [-0.2, 0) is 0 Å². The quantitative estimate of drug-likeness (QED) is 0.497. The van der Waals surface area contributed by atoms with E-state index in [4.69, 9.17) is 4.98 Å². The molecule has 150 valence electrons. The van der Waals surface area contributed by atoms with Gasteiger partial charge in [-0.15, -0.1) is 0 Å². The van der Waals surface area contributed by atoms with Gasteiger partial charge in [0.1, 0.15) is 5.65 Å². The molecule has 2 heterocycles. The van der Waals surface area contributed by atoms with Gasteiger partial charge in [0.2, 0.25) is 0 Å². The van der Waals surface area contributed by atoms with Gasteiger partial charge in [0.25, 0.3) is 0 Å². The lowest BCUT2D eigenvalue weighted by molar-refractivity contribution is 0.611. The molecule has 3 N–H and O–H groups in total. The lowest BCUT2D eigenvalue weighted by Gasteiger charge is -2.19. The Labute approximate surface area is 168 Å². The molecule has 0 saturated carbocycles. The van der Waals surface area contributed by atoms with Gasteiger partial charge in [-0.05, 0) is 56.9 Å². The van der Waals surface area contributed by atoms with E-state index < -0.39 is 0 Å². The van der Waals surface area contributed by atoms with Crippen LogP contribution >= 0.6 is 0 Å². The number of fused-ring (bicyclic) bond motifs is 1. The molecule has 2 aromatic heterocycles. The summed E-state index contributed by atoms with van der Waals surface area (Å²) in [5.41, 5.74) is 10.2. The van der Waals surface area contributed by atoms with E-state index in [2.05, 4.69) is 72.3 Å². The smallest absolute Gasteiger partial charge is 0.145 e.